The smallest absolute Gasteiger partial charge is 0.253 e. The minimum absolute atomic E-state index is 0.00974. The summed E-state index contributed by atoms with van der Waals surface area (Å²) in [5.74, 6) is 0.394. The Hall–Kier alpha value is -1.42. The molecule has 1 saturated heterocycles. The number of likely N-dealkylation sites (tertiary alicyclic amines) is 1. The lowest BCUT2D eigenvalue weighted by Gasteiger charge is -2.38. The molecule has 1 heterocycles. The van der Waals surface area contributed by atoms with Crippen LogP contribution in [0.3, 0.4) is 0 Å². The number of carbonyl (C=O) groups excluding carboxylic acids is 1. The van der Waals surface area contributed by atoms with Crippen LogP contribution in [0.2, 0.25) is 0 Å². The zero-order valence-corrected chi connectivity index (χ0v) is 12.8. The lowest BCUT2D eigenvalue weighted by atomic mass is 10.1. The summed E-state index contributed by atoms with van der Waals surface area (Å²) >= 11 is 0. The molecule has 4 heteroatoms. The van der Waals surface area contributed by atoms with Crippen molar-refractivity contribution in [3.63, 3.8) is 0 Å². The van der Waals surface area contributed by atoms with Gasteiger partial charge in [0.25, 0.3) is 5.91 Å². The van der Waals surface area contributed by atoms with Crippen molar-refractivity contribution in [2.24, 2.45) is 5.92 Å². The van der Waals surface area contributed by atoms with Crippen LogP contribution in [-0.4, -0.2) is 48.4 Å². The molecule has 2 aliphatic rings. The van der Waals surface area contributed by atoms with Crippen molar-refractivity contribution >= 4 is 5.91 Å². The van der Waals surface area contributed by atoms with E-state index in [0.717, 1.165) is 19.6 Å². The number of likely N-dealkylation sites (N-methyl/N-ethyl adjacent to an activating group) is 1. The van der Waals surface area contributed by atoms with E-state index in [1.54, 1.807) is 19.1 Å². The van der Waals surface area contributed by atoms with E-state index in [9.17, 15) is 9.18 Å². The van der Waals surface area contributed by atoms with E-state index in [1.807, 2.05) is 11.9 Å². The molecular weight excluding hydrogens is 267 g/mol. The number of halogens is 1. The molecule has 1 aromatic carbocycles. The average Bonchev–Trinajstić information content (AvgIpc) is 3.24. The summed E-state index contributed by atoms with van der Waals surface area (Å²) in [4.78, 5) is 17.0. The zero-order valence-electron chi connectivity index (χ0n) is 12.8. The fourth-order valence-corrected chi connectivity index (χ4v) is 3.03. The number of rotatable bonds is 5. The van der Waals surface area contributed by atoms with Crippen molar-refractivity contribution in [3.8, 4) is 0 Å². The molecule has 3 rings (SSSR count). The second-order valence-corrected chi connectivity index (χ2v) is 6.44. The molecule has 1 saturated carbocycles. The van der Waals surface area contributed by atoms with Crippen LogP contribution in [0.5, 0.6) is 0 Å². The predicted octanol–water partition coefficient (Wildman–Crippen LogP) is 2.69. The fourth-order valence-electron chi connectivity index (χ4n) is 3.03. The highest BCUT2D eigenvalue weighted by Gasteiger charge is 2.37. The van der Waals surface area contributed by atoms with Crippen molar-refractivity contribution in [1.82, 2.24) is 9.80 Å². The molecule has 0 N–H and O–H groups in total. The van der Waals surface area contributed by atoms with E-state index >= 15 is 0 Å². The summed E-state index contributed by atoms with van der Waals surface area (Å²) in [6.07, 6.45) is 3.71. The Morgan fingerprint density at radius 1 is 1.43 bits per heavy atom. The molecule has 1 aromatic rings. The minimum Gasteiger partial charge on any atom is -0.337 e. The molecule has 1 unspecified atom stereocenters. The quantitative estimate of drug-likeness (QED) is 0.832. The molecule has 0 bridgehead atoms. The minimum atomic E-state index is -0.256. The topological polar surface area (TPSA) is 23.6 Å². The number of aryl methyl sites for hydroxylation is 1. The van der Waals surface area contributed by atoms with Crippen molar-refractivity contribution in [3.05, 3.63) is 35.1 Å². The lowest BCUT2D eigenvalue weighted by molar-refractivity contribution is 0.0607. The maximum Gasteiger partial charge on any atom is 0.253 e. The van der Waals surface area contributed by atoms with E-state index in [0.29, 0.717) is 23.1 Å². The molecule has 0 radical (unpaired) electrons. The summed E-state index contributed by atoms with van der Waals surface area (Å²) in [6.45, 7) is 4.99. The molecule has 21 heavy (non-hydrogen) atoms. The first-order chi connectivity index (χ1) is 10.1. The number of amides is 1. The number of benzene rings is 1. The molecule has 0 spiro atoms. The molecule has 114 valence electrons. The van der Waals surface area contributed by atoms with Crippen LogP contribution in [0.25, 0.3) is 0 Å². The molecule has 1 aliphatic carbocycles. The largest absolute Gasteiger partial charge is 0.337 e. The normalized spacial score (nSPS) is 20.0. The Bertz CT molecular complexity index is 538. The van der Waals surface area contributed by atoms with Crippen molar-refractivity contribution < 1.29 is 9.18 Å². The maximum absolute atomic E-state index is 13.4. The Morgan fingerprint density at radius 3 is 2.67 bits per heavy atom. The predicted molar refractivity (Wildman–Crippen MR) is 80.8 cm³/mol. The van der Waals surface area contributed by atoms with Crippen molar-refractivity contribution in [1.29, 1.82) is 0 Å². The van der Waals surface area contributed by atoms with E-state index in [1.165, 1.54) is 25.3 Å². The number of hydrogen-bond donors (Lipinski definition) is 0. The Kier molecular flexibility index (Phi) is 3.98. The van der Waals surface area contributed by atoms with Gasteiger partial charge in [-0.05, 0) is 69.0 Å². The maximum atomic E-state index is 13.4. The lowest BCUT2D eigenvalue weighted by Crippen LogP contribution is -2.50. The van der Waals surface area contributed by atoms with Gasteiger partial charge in [-0.25, -0.2) is 4.39 Å². The molecule has 1 amide bonds. The SMILES string of the molecule is Cc1cc(C(=O)N(C)C(CN2CCC2)C2CC2)ccc1F. The number of hydrogen-bond acceptors (Lipinski definition) is 2. The first kappa shape index (κ1) is 14.5. The van der Waals surface area contributed by atoms with Crippen LogP contribution >= 0.6 is 0 Å². The third-order valence-corrected chi connectivity index (χ3v) is 4.78. The zero-order chi connectivity index (χ0) is 15.0. The fraction of sp³-hybridized carbons (Fsp3) is 0.588. The summed E-state index contributed by atoms with van der Waals surface area (Å²) < 4.78 is 13.4. The van der Waals surface area contributed by atoms with E-state index in [-0.39, 0.29) is 11.7 Å². The molecule has 1 atom stereocenters. The van der Waals surface area contributed by atoms with Gasteiger partial charge in [-0.1, -0.05) is 0 Å². The first-order valence-corrected chi connectivity index (χ1v) is 7.82. The van der Waals surface area contributed by atoms with Gasteiger partial charge in [0.05, 0.1) is 0 Å². The van der Waals surface area contributed by atoms with Gasteiger partial charge < -0.3 is 9.80 Å². The third kappa shape index (κ3) is 3.10. The van der Waals surface area contributed by atoms with Crippen LogP contribution in [0, 0.1) is 18.7 Å². The molecular formula is C17H23FN2O. The second kappa shape index (κ2) is 5.76. The second-order valence-electron chi connectivity index (χ2n) is 6.44. The molecule has 0 aromatic heterocycles. The van der Waals surface area contributed by atoms with Crippen LogP contribution in [0.15, 0.2) is 18.2 Å². The summed E-state index contributed by atoms with van der Waals surface area (Å²) in [7, 11) is 1.89. The van der Waals surface area contributed by atoms with Gasteiger partial charge in [-0.2, -0.15) is 0 Å². The van der Waals surface area contributed by atoms with E-state index < -0.39 is 0 Å². The van der Waals surface area contributed by atoms with Crippen LogP contribution in [-0.2, 0) is 0 Å². The van der Waals surface area contributed by atoms with Gasteiger partial charge in [-0.3, -0.25) is 4.79 Å². The van der Waals surface area contributed by atoms with Crippen LogP contribution < -0.4 is 0 Å². The van der Waals surface area contributed by atoms with Crippen LogP contribution in [0.1, 0.15) is 35.2 Å². The summed E-state index contributed by atoms with van der Waals surface area (Å²) in [5, 5.41) is 0. The highest BCUT2D eigenvalue weighted by Crippen LogP contribution is 2.36. The molecule has 1 aliphatic heterocycles. The standard InChI is InChI=1S/C17H23FN2O/c1-12-10-14(6-7-15(12)18)17(21)19(2)16(13-4-5-13)11-20-8-3-9-20/h6-7,10,13,16H,3-5,8-9,11H2,1-2H3. The summed E-state index contributed by atoms with van der Waals surface area (Å²) in [6, 6.07) is 4.93. The molecule has 2 fully saturated rings. The van der Waals surface area contributed by atoms with Gasteiger partial charge >= 0.3 is 0 Å². The third-order valence-electron chi connectivity index (χ3n) is 4.78. The van der Waals surface area contributed by atoms with Gasteiger partial charge in [0.2, 0.25) is 0 Å². The Morgan fingerprint density at radius 2 is 2.14 bits per heavy atom. The Labute approximate surface area is 125 Å². The average molecular weight is 290 g/mol. The highest BCUT2D eigenvalue weighted by atomic mass is 19.1. The molecule has 3 nitrogen and oxygen atoms in total. The van der Waals surface area contributed by atoms with Gasteiger partial charge in [0, 0.05) is 25.2 Å². The van der Waals surface area contributed by atoms with Gasteiger partial charge in [0.15, 0.2) is 0 Å². The van der Waals surface area contributed by atoms with Gasteiger partial charge in [-0.15, -0.1) is 0 Å². The monoisotopic (exact) mass is 290 g/mol. The highest BCUT2D eigenvalue weighted by molar-refractivity contribution is 5.94. The Balaban J connectivity index is 1.72. The van der Waals surface area contributed by atoms with E-state index in [2.05, 4.69) is 4.90 Å². The first-order valence-electron chi connectivity index (χ1n) is 7.82. The summed E-state index contributed by atoms with van der Waals surface area (Å²) in [5.41, 5.74) is 1.12. The van der Waals surface area contributed by atoms with Crippen molar-refractivity contribution in [2.75, 3.05) is 26.7 Å². The number of carbonyl (C=O) groups is 1. The van der Waals surface area contributed by atoms with Crippen molar-refractivity contribution in [2.45, 2.75) is 32.2 Å². The van der Waals surface area contributed by atoms with Gasteiger partial charge in [0.1, 0.15) is 5.82 Å². The van der Waals surface area contributed by atoms with E-state index in [4.69, 9.17) is 0 Å². The van der Waals surface area contributed by atoms with Crippen LogP contribution in [0.4, 0.5) is 4.39 Å². The number of nitrogens with zero attached hydrogens (tertiary/aromatic N) is 2.